The molecule has 1 aromatic carbocycles. The topological polar surface area (TPSA) is 122 Å². The van der Waals surface area contributed by atoms with E-state index in [4.69, 9.17) is 26.3 Å². The summed E-state index contributed by atoms with van der Waals surface area (Å²) >= 11 is 5.92. The normalized spacial score (nSPS) is 15.3. The van der Waals surface area contributed by atoms with E-state index >= 15 is 0 Å². The minimum Gasteiger partial charge on any atom is -0.475 e. The Morgan fingerprint density at radius 1 is 1.16 bits per heavy atom. The van der Waals surface area contributed by atoms with Crippen LogP contribution in [0.3, 0.4) is 0 Å². The Kier molecular flexibility index (Phi) is 9.53. The smallest absolute Gasteiger partial charge is 0.475 e. The number of hydrogen-bond acceptors (Lipinski definition) is 10. The molecule has 0 spiro atoms. The Labute approximate surface area is 184 Å². The minimum atomic E-state index is -4.91. The number of alkyl halides is 3. The summed E-state index contributed by atoms with van der Waals surface area (Å²) in [5, 5.41) is 8.39. The minimum absolute atomic E-state index is 0.0252. The lowest BCUT2D eigenvalue weighted by molar-refractivity contribution is -0.189. The average molecular weight is 486 g/mol. The molecule has 14 heteroatoms. The van der Waals surface area contributed by atoms with E-state index in [9.17, 15) is 22.8 Å². The van der Waals surface area contributed by atoms with Gasteiger partial charge in [-0.1, -0.05) is 17.2 Å². The summed E-state index contributed by atoms with van der Waals surface area (Å²) in [6.45, 7) is 0.409. The summed E-state index contributed by atoms with van der Waals surface area (Å²) in [5.41, 5.74) is 1.14. The zero-order chi connectivity index (χ0) is 23.7. The molecule has 1 aromatic rings. The lowest BCUT2D eigenvalue weighted by atomic mass is 9.99. The number of ether oxygens (including phenoxy) is 5. The van der Waals surface area contributed by atoms with Crippen molar-refractivity contribution < 1.29 is 56.5 Å². The molecule has 32 heavy (non-hydrogen) atoms. The molecule has 2 rings (SSSR count). The van der Waals surface area contributed by atoms with Crippen molar-refractivity contribution in [3.63, 3.8) is 0 Å². The molecule has 1 aliphatic heterocycles. The molecular weight excluding hydrogens is 467 g/mol. The SMILES string of the molecule is Cc1cc(Cl)cc2c1OC(C(F)(F)F)C(C(=O)OCOC(=O)OCCOCCONO)=C2. The van der Waals surface area contributed by atoms with Crippen LogP contribution in [0.2, 0.25) is 5.02 Å². The first-order chi connectivity index (χ1) is 15.1. The van der Waals surface area contributed by atoms with Crippen molar-refractivity contribution in [2.24, 2.45) is 0 Å². The third kappa shape index (κ3) is 7.53. The fourth-order valence-electron chi connectivity index (χ4n) is 2.55. The summed E-state index contributed by atoms with van der Waals surface area (Å²) in [4.78, 5) is 28.0. The zero-order valence-electron chi connectivity index (χ0n) is 16.6. The third-order valence-corrected chi connectivity index (χ3v) is 4.06. The molecule has 0 saturated heterocycles. The van der Waals surface area contributed by atoms with E-state index < -0.39 is 36.8 Å². The molecule has 1 unspecified atom stereocenters. The molecule has 178 valence electrons. The molecule has 0 radical (unpaired) electrons. The summed E-state index contributed by atoms with van der Waals surface area (Å²) in [6.07, 6.45) is -7.75. The second-order valence-electron chi connectivity index (χ2n) is 6.12. The summed E-state index contributed by atoms with van der Waals surface area (Å²) in [5.74, 6) is -1.46. The van der Waals surface area contributed by atoms with Crippen LogP contribution < -0.4 is 10.4 Å². The number of halogens is 4. The molecule has 0 bridgehead atoms. The largest absolute Gasteiger partial charge is 0.511 e. The number of esters is 1. The van der Waals surface area contributed by atoms with Crippen molar-refractivity contribution in [2.45, 2.75) is 19.2 Å². The maximum absolute atomic E-state index is 13.4. The molecule has 0 fully saturated rings. The monoisotopic (exact) mass is 485 g/mol. The van der Waals surface area contributed by atoms with Crippen molar-refractivity contribution in [2.75, 3.05) is 33.2 Å². The van der Waals surface area contributed by atoms with Crippen LogP contribution in [0.15, 0.2) is 17.7 Å². The molecule has 1 atom stereocenters. The number of hydrogen-bond donors (Lipinski definition) is 2. The number of aryl methyl sites for hydroxylation is 1. The predicted molar refractivity (Wildman–Crippen MR) is 99.7 cm³/mol. The number of benzene rings is 1. The van der Waals surface area contributed by atoms with Crippen LogP contribution in [0, 0.1) is 6.92 Å². The van der Waals surface area contributed by atoms with Gasteiger partial charge in [0.25, 0.3) is 0 Å². The van der Waals surface area contributed by atoms with Gasteiger partial charge in [0.05, 0.1) is 25.4 Å². The van der Waals surface area contributed by atoms with Crippen LogP contribution in [0.25, 0.3) is 6.08 Å². The molecule has 0 aromatic heterocycles. The van der Waals surface area contributed by atoms with Gasteiger partial charge in [-0.15, -0.1) is 0 Å². The van der Waals surface area contributed by atoms with Crippen LogP contribution in [-0.2, 0) is 28.6 Å². The summed E-state index contributed by atoms with van der Waals surface area (Å²) in [7, 11) is 0. The Hall–Kier alpha value is -2.58. The fourth-order valence-corrected chi connectivity index (χ4v) is 2.83. The van der Waals surface area contributed by atoms with Gasteiger partial charge in [-0.3, -0.25) is 10.0 Å². The van der Waals surface area contributed by atoms with Crippen LogP contribution in [-0.4, -0.2) is 62.8 Å². The zero-order valence-corrected chi connectivity index (χ0v) is 17.3. The highest BCUT2D eigenvalue weighted by Gasteiger charge is 2.49. The lowest BCUT2D eigenvalue weighted by Gasteiger charge is -2.28. The highest BCUT2D eigenvalue weighted by Crippen LogP contribution is 2.40. The van der Waals surface area contributed by atoms with Gasteiger partial charge in [-0.05, 0) is 30.7 Å². The summed E-state index contributed by atoms with van der Waals surface area (Å²) < 4.78 is 64.0. The number of nitrogens with one attached hydrogen (secondary N) is 1. The molecule has 0 saturated carbocycles. The van der Waals surface area contributed by atoms with Crippen LogP contribution in [0.1, 0.15) is 11.1 Å². The van der Waals surface area contributed by atoms with Gasteiger partial charge in [-0.2, -0.15) is 13.2 Å². The van der Waals surface area contributed by atoms with Gasteiger partial charge in [0.1, 0.15) is 12.4 Å². The van der Waals surface area contributed by atoms with Gasteiger partial charge in [0.15, 0.2) is 0 Å². The molecule has 0 aliphatic carbocycles. The van der Waals surface area contributed by atoms with Gasteiger partial charge in [0.2, 0.25) is 12.9 Å². The standard InChI is InChI=1S/C18H19ClF3NO9/c1-10-6-12(19)7-11-8-13(15(18(20,21)22)32-14(10)11)16(24)29-9-30-17(25)28-4-2-27-3-5-31-23-26/h6-8,15,23,26H,2-5,9H2,1H3. The number of rotatable bonds is 10. The van der Waals surface area contributed by atoms with Crippen LogP contribution in [0.5, 0.6) is 5.75 Å². The van der Waals surface area contributed by atoms with Crippen molar-refractivity contribution in [3.05, 3.63) is 33.9 Å². The Bertz CT molecular complexity index is 848. The fraction of sp³-hybridized carbons (Fsp3) is 0.444. The van der Waals surface area contributed by atoms with Crippen molar-refractivity contribution >= 4 is 29.8 Å². The lowest BCUT2D eigenvalue weighted by Crippen LogP contribution is -2.41. The Morgan fingerprint density at radius 3 is 2.56 bits per heavy atom. The summed E-state index contributed by atoms with van der Waals surface area (Å²) in [6, 6.07) is 2.77. The van der Waals surface area contributed by atoms with E-state index in [-0.39, 0.29) is 42.8 Å². The second kappa shape index (κ2) is 11.9. The van der Waals surface area contributed by atoms with E-state index in [1.54, 1.807) is 0 Å². The molecular formula is C18H19ClF3NO9. The highest BCUT2D eigenvalue weighted by molar-refractivity contribution is 6.30. The molecule has 1 heterocycles. The van der Waals surface area contributed by atoms with E-state index in [1.807, 2.05) is 0 Å². The molecule has 10 nitrogen and oxygen atoms in total. The molecule has 0 amide bonds. The van der Waals surface area contributed by atoms with Gasteiger partial charge >= 0.3 is 18.3 Å². The highest BCUT2D eigenvalue weighted by atomic mass is 35.5. The predicted octanol–water partition coefficient (Wildman–Crippen LogP) is 2.94. The first-order valence-corrected chi connectivity index (χ1v) is 9.31. The van der Waals surface area contributed by atoms with Crippen LogP contribution in [0.4, 0.5) is 18.0 Å². The number of carbonyl (C=O) groups is 2. The average Bonchev–Trinajstić information content (AvgIpc) is 2.71. The maximum atomic E-state index is 13.4. The number of fused-ring (bicyclic) bond motifs is 1. The van der Waals surface area contributed by atoms with Crippen molar-refractivity contribution in [1.82, 2.24) is 5.64 Å². The Balaban J connectivity index is 1.89. The van der Waals surface area contributed by atoms with Gasteiger partial charge in [-0.25, -0.2) is 9.59 Å². The molecule has 2 N–H and O–H groups in total. The third-order valence-electron chi connectivity index (χ3n) is 3.84. The number of carbonyl (C=O) groups excluding carboxylic acids is 2. The van der Waals surface area contributed by atoms with E-state index in [0.717, 1.165) is 6.08 Å². The first kappa shape index (κ1) is 25.7. The van der Waals surface area contributed by atoms with Gasteiger partial charge < -0.3 is 23.7 Å². The van der Waals surface area contributed by atoms with E-state index in [2.05, 4.69) is 19.0 Å². The van der Waals surface area contributed by atoms with Crippen molar-refractivity contribution in [3.8, 4) is 5.75 Å². The van der Waals surface area contributed by atoms with E-state index in [1.165, 1.54) is 24.7 Å². The van der Waals surface area contributed by atoms with Crippen molar-refractivity contribution in [1.29, 1.82) is 0 Å². The first-order valence-electron chi connectivity index (χ1n) is 8.94. The quantitative estimate of drug-likeness (QED) is 0.221. The maximum Gasteiger partial charge on any atom is 0.511 e. The second-order valence-corrected chi connectivity index (χ2v) is 6.56. The van der Waals surface area contributed by atoms with E-state index in [0.29, 0.717) is 5.56 Å². The van der Waals surface area contributed by atoms with Gasteiger partial charge in [0, 0.05) is 10.6 Å². The van der Waals surface area contributed by atoms with Crippen LogP contribution >= 0.6 is 11.6 Å². The Morgan fingerprint density at radius 2 is 1.88 bits per heavy atom. The molecule has 1 aliphatic rings.